The zero-order valence-corrected chi connectivity index (χ0v) is 11.1. The van der Waals surface area contributed by atoms with E-state index in [4.69, 9.17) is 26.2 Å². The summed E-state index contributed by atoms with van der Waals surface area (Å²) in [5.41, 5.74) is 1.45. The highest BCUT2D eigenvalue weighted by Crippen LogP contribution is 2.43. The van der Waals surface area contributed by atoms with Crippen LogP contribution in [0.3, 0.4) is 0 Å². The van der Waals surface area contributed by atoms with E-state index in [1.807, 2.05) is 13.8 Å². The SMILES string of the molecule is CC(C)c1c(CC(=O)O)c(Cl)cc2c1OCCO2. The van der Waals surface area contributed by atoms with Crippen molar-refractivity contribution < 1.29 is 19.4 Å². The molecule has 0 atom stereocenters. The van der Waals surface area contributed by atoms with Gasteiger partial charge in [-0.05, 0) is 11.5 Å². The topological polar surface area (TPSA) is 55.8 Å². The van der Waals surface area contributed by atoms with Crippen molar-refractivity contribution in [1.82, 2.24) is 0 Å². The Hall–Kier alpha value is -1.42. The predicted molar refractivity (Wildman–Crippen MR) is 67.9 cm³/mol. The molecule has 1 aromatic rings. The van der Waals surface area contributed by atoms with Crippen LogP contribution in [-0.4, -0.2) is 24.3 Å². The van der Waals surface area contributed by atoms with Crippen LogP contribution in [0.4, 0.5) is 0 Å². The van der Waals surface area contributed by atoms with Crippen molar-refractivity contribution in [2.45, 2.75) is 26.2 Å². The van der Waals surface area contributed by atoms with Crippen LogP contribution < -0.4 is 9.47 Å². The van der Waals surface area contributed by atoms with Crippen LogP contribution in [0.1, 0.15) is 30.9 Å². The fraction of sp³-hybridized carbons (Fsp3) is 0.462. The van der Waals surface area contributed by atoms with Gasteiger partial charge in [-0.1, -0.05) is 25.4 Å². The minimum absolute atomic E-state index is 0.108. The van der Waals surface area contributed by atoms with Gasteiger partial charge in [-0.25, -0.2) is 0 Å². The van der Waals surface area contributed by atoms with Gasteiger partial charge in [0.05, 0.1) is 6.42 Å². The van der Waals surface area contributed by atoms with Crippen LogP contribution in [0.25, 0.3) is 0 Å². The average Bonchev–Trinajstić information content (AvgIpc) is 2.28. The molecule has 1 aliphatic heterocycles. The molecular weight excluding hydrogens is 256 g/mol. The molecule has 5 heteroatoms. The van der Waals surface area contributed by atoms with Gasteiger partial charge in [0.2, 0.25) is 0 Å². The van der Waals surface area contributed by atoms with E-state index in [0.29, 0.717) is 35.3 Å². The van der Waals surface area contributed by atoms with Gasteiger partial charge in [-0.2, -0.15) is 0 Å². The van der Waals surface area contributed by atoms with Crippen molar-refractivity contribution >= 4 is 17.6 Å². The third-order valence-corrected chi connectivity index (χ3v) is 3.17. The molecule has 0 aromatic heterocycles. The van der Waals surface area contributed by atoms with Crippen molar-refractivity contribution in [3.63, 3.8) is 0 Å². The van der Waals surface area contributed by atoms with Crippen molar-refractivity contribution in [1.29, 1.82) is 0 Å². The number of rotatable bonds is 3. The summed E-state index contributed by atoms with van der Waals surface area (Å²) in [6, 6.07) is 1.64. The monoisotopic (exact) mass is 270 g/mol. The molecule has 4 nitrogen and oxygen atoms in total. The maximum absolute atomic E-state index is 10.9. The van der Waals surface area contributed by atoms with Gasteiger partial charge in [0.1, 0.15) is 13.2 Å². The summed E-state index contributed by atoms with van der Waals surface area (Å²) in [5, 5.41) is 9.39. The fourth-order valence-corrected chi connectivity index (χ4v) is 2.43. The molecular formula is C13H15ClO4. The van der Waals surface area contributed by atoms with E-state index in [9.17, 15) is 4.79 Å². The number of carbonyl (C=O) groups is 1. The summed E-state index contributed by atoms with van der Waals surface area (Å²) in [6.07, 6.45) is -0.108. The van der Waals surface area contributed by atoms with Crippen molar-refractivity contribution in [3.05, 3.63) is 22.2 Å². The Morgan fingerprint density at radius 1 is 1.44 bits per heavy atom. The number of hydrogen-bond donors (Lipinski definition) is 1. The lowest BCUT2D eigenvalue weighted by Gasteiger charge is -2.25. The van der Waals surface area contributed by atoms with Gasteiger partial charge in [-0.15, -0.1) is 0 Å². The van der Waals surface area contributed by atoms with E-state index in [1.54, 1.807) is 6.07 Å². The van der Waals surface area contributed by atoms with E-state index in [2.05, 4.69) is 0 Å². The Morgan fingerprint density at radius 2 is 2.11 bits per heavy atom. The first-order chi connectivity index (χ1) is 8.50. The third kappa shape index (κ3) is 2.38. The first kappa shape index (κ1) is 13.0. The lowest BCUT2D eigenvalue weighted by atomic mass is 9.93. The smallest absolute Gasteiger partial charge is 0.307 e. The Bertz CT molecular complexity index is 482. The molecule has 0 spiro atoms. The maximum atomic E-state index is 10.9. The largest absolute Gasteiger partial charge is 0.486 e. The molecule has 1 aliphatic rings. The summed E-state index contributed by atoms with van der Waals surface area (Å²) >= 11 is 6.16. The zero-order valence-electron chi connectivity index (χ0n) is 10.3. The van der Waals surface area contributed by atoms with Crippen LogP contribution in [0.15, 0.2) is 6.07 Å². The lowest BCUT2D eigenvalue weighted by Crippen LogP contribution is -2.18. The first-order valence-corrected chi connectivity index (χ1v) is 6.21. The summed E-state index contributed by atoms with van der Waals surface area (Å²) in [6.45, 7) is 4.92. The predicted octanol–water partition coefficient (Wildman–Crippen LogP) is 2.86. The van der Waals surface area contributed by atoms with Gasteiger partial charge >= 0.3 is 5.97 Å². The minimum atomic E-state index is -0.907. The number of fused-ring (bicyclic) bond motifs is 1. The van der Waals surface area contributed by atoms with E-state index in [0.717, 1.165) is 5.56 Å². The highest BCUT2D eigenvalue weighted by Gasteiger charge is 2.25. The van der Waals surface area contributed by atoms with Gasteiger partial charge in [0.15, 0.2) is 11.5 Å². The number of aliphatic carboxylic acids is 1. The molecule has 98 valence electrons. The van der Waals surface area contributed by atoms with E-state index in [-0.39, 0.29) is 12.3 Å². The van der Waals surface area contributed by atoms with Crippen LogP contribution in [-0.2, 0) is 11.2 Å². The van der Waals surface area contributed by atoms with Crippen molar-refractivity contribution in [2.75, 3.05) is 13.2 Å². The van der Waals surface area contributed by atoms with Crippen molar-refractivity contribution in [2.24, 2.45) is 0 Å². The highest BCUT2D eigenvalue weighted by atomic mass is 35.5. The third-order valence-electron chi connectivity index (χ3n) is 2.83. The van der Waals surface area contributed by atoms with Crippen LogP contribution in [0.5, 0.6) is 11.5 Å². The van der Waals surface area contributed by atoms with E-state index < -0.39 is 5.97 Å². The fourth-order valence-electron chi connectivity index (χ4n) is 2.16. The molecule has 0 fully saturated rings. The van der Waals surface area contributed by atoms with Gasteiger partial charge < -0.3 is 14.6 Å². The Balaban J connectivity index is 2.60. The van der Waals surface area contributed by atoms with Gasteiger partial charge in [-0.3, -0.25) is 4.79 Å². The van der Waals surface area contributed by atoms with Crippen molar-refractivity contribution in [3.8, 4) is 11.5 Å². The lowest BCUT2D eigenvalue weighted by molar-refractivity contribution is -0.136. The molecule has 1 N–H and O–H groups in total. The highest BCUT2D eigenvalue weighted by molar-refractivity contribution is 6.32. The second kappa shape index (κ2) is 5.06. The molecule has 1 aromatic carbocycles. The molecule has 0 bridgehead atoms. The molecule has 0 unspecified atom stereocenters. The quantitative estimate of drug-likeness (QED) is 0.918. The Labute approximate surface area is 110 Å². The summed E-state index contributed by atoms with van der Waals surface area (Å²) in [7, 11) is 0. The maximum Gasteiger partial charge on any atom is 0.307 e. The minimum Gasteiger partial charge on any atom is -0.486 e. The normalized spacial score (nSPS) is 13.8. The second-order valence-corrected chi connectivity index (χ2v) is 4.91. The number of benzene rings is 1. The number of ether oxygens (including phenoxy) is 2. The molecule has 0 saturated heterocycles. The summed E-state index contributed by atoms with van der Waals surface area (Å²) in [4.78, 5) is 10.9. The number of hydrogen-bond acceptors (Lipinski definition) is 3. The molecule has 0 radical (unpaired) electrons. The number of carboxylic acids is 1. The zero-order chi connectivity index (χ0) is 13.3. The molecule has 1 heterocycles. The van der Waals surface area contributed by atoms with Gasteiger partial charge in [0, 0.05) is 16.7 Å². The van der Waals surface area contributed by atoms with Gasteiger partial charge in [0.25, 0.3) is 0 Å². The van der Waals surface area contributed by atoms with E-state index >= 15 is 0 Å². The average molecular weight is 271 g/mol. The Kier molecular flexibility index (Phi) is 3.66. The number of halogens is 1. The molecule has 18 heavy (non-hydrogen) atoms. The molecule has 0 aliphatic carbocycles. The number of carboxylic acid groups (broad SMARTS) is 1. The van der Waals surface area contributed by atoms with Crippen LogP contribution in [0.2, 0.25) is 5.02 Å². The van der Waals surface area contributed by atoms with Crippen LogP contribution >= 0.6 is 11.6 Å². The molecule has 2 rings (SSSR count). The standard InChI is InChI=1S/C13H15ClO4/c1-7(2)12-8(5-11(15)16)9(14)6-10-13(12)18-4-3-17-10/h6-7H,3-5H2,1-2H3,(H,15,16). The summed E-state index contributed by atoms with van der Waals surface area (Å²) < 4.78 is 11.1. The first-order valence-electron chi connectivity index (χ1n) is 5.83. The Morgan fingerprint density at radius 3 is 2.72 bits per heavy atom. The molecule has 0 saturated carbocycles. The van der Waals surface area contributed by atoms with E-state index in [1.165, 1.54) is 0 Å². The summed E-state index contributed by atoms with van der Waals surface area (Å²) in [5.74, 6) is 0.449. The molecule has 0 amide bonds. The second-order valence-electron chi connectivity index (χ2n) is 4.50. The van der Waals surface area contributed by atoms with Crippen LogP contribution in [0, 0.1) is 0 Å².